The molecule has 2 rings (SSSR count). The topological polar surface area (TPSA) is 138 Å². The molecule has 2 aromatic rings. The monoisotopic (exact) mass is 250 g/mol. The summed E-state index contributed by atoms with van der Waals surface area (Å²) in [4.78, 5) is 10.7. The van der Waals surface area contributed by atoms with E-state index >= 15 is 0 Å². The van der Waals surface area contributed by atoms with E-state index in [9.17, 15) is 15.0 Å². The smallest absolute Gasteiger partial charge is 0.220 e. The van der Waals surface area contributed by atoms with E-state index in [4.69, 9.17) is 11.5 Å². The van der Waals surface area contributed by atoms with Crippen LogP contribution in [0.25, 0.3) is 10.9 Å². The molecule has 0 aliphatic heterocycles. The van der Waals surface area contributed by atoms with Crippen LogP contribution in [0.15, 0.2) is 18.2 Å². The zero-order chi connectivity index (χ0) is 13.3. The van der Waals surface area contributed by atoms with Gasteiger partial charge in [-0.05, 0) is 17.7 Å². The van der Waals surface area contributed by atoms with Crippen molar-refractivity contribution in [1.82, 2.24) is 10.2 Å². The molecule has 18 heavy (non-hydrogen) atoms. The third kappa shape index (κ3) is 2.27. The van der Waals surface area contributed by atoms with Gasteiger partial charge in [-0.25, -0.2) is 0 Å². The molecular weight excluding hydrogens is 236 g/mol. The number of anilines is 1. The summed E-state index contributed by atoms with van der Waals surface area (Å²) in [7, 11) is 0. The van der Waals surface area contributed by atoms with Crippen LogP contribution in [0, 0.1) is 0 Å². The molecule has 0 aliphatic rings. The Kier molecular flexibility index (Phi) is 3.17. The molecule has 1 amide bonds. The van der Waals surface area contributed by atoms with Crippen molar-refractivity contribution in [3.63, 3.8) is 0 Å². The molecule has 1 aromatic carbocycles. The van der Waals surface area contributed by atoms with Crippen LogP contribution in [-0.4, -0.2) is 32.4 Å². The molecular formula is C11H14N4O3. The van der Waals surface area contributed by atoms with Gasteiger partial charge in [0.2, 0.25) is 5.91 Å². The highest BCUT2D eigenvalue weighted by molar-refractivity contribution is 5.88. The number of nitrogens with one attached hydrogen (secondary N) is 1. The molecule has 1 aromatic heterocycles. The number of hydrogen-bond acceptors (Lipinski definition) is 5. The Morgan fingerprint density at radius 1 is 1.44 bits per heavy atom. The van der Waals surface area contributed by atoms with Crippen molar-refractivity contribution < 1.29 is 15.0 Å². The number of amides is 1. The number of H-pyrrole nitrogens is 1. The maximum atomic E-state index is 10.7. The number of aromatic amines is 1. The summed E-state index contributed by atoms with van der Waals surface area (Å²) in [5.41, 5.74) is 11.7. The van der Waals surface area contributed by atoms with Crippen LogP contribution >= 0.6 is 0 Å². The molecule has 1 heterocycles. The number of nitrogens with two attached hydrogens (primary N) is 2. The highest BCUT2D eigenvalue weighted by Crippen LogP contribution is 2.24. The fourth-order valence-corrected chi connectivity index (χ4v) is 1.78. The van der Waals surface area contributed by atoms with Gasteiger partial charge in [0.1, 0.15) is 6.10 Å². The molecule has 7 N–H and O–H groups in total. The summed E-state index contributed by atoms with van der Waals surface area (Å²) in [6.07, 6.45) is -2.73. The number of carbonyl (C=O) groups excluding carboxylic acids is 1. The molecule has 0 bridgehead atoms. The number of carbonyl (C=O) groups is 1. The summed E-state index contributed by atoms with van der Waals surface area (Å²) < 4.78 is 0. The number of benzene rings is 1. The van der Waals surface area contributed by atoms with Crippen LogP contribution in [0.1, 0.15) is 18.1 Å². The lowest BCUT2D eigenvalue weighted by Gasteiger charge is -2.16. The molecule has 7 nitrogen and oxygen atoms in total. The minimum atomic E-state index is -1.24. The first-order chi connectivity index (χ1) is 8.49. The van der Waals surface area contributed by atoms with Gasteiger partial charge in [-0.3, -0.25) is 9.89 Å². The average Bonchev–Trinajstić information content (AvgIpc) is 2.69. The highest BCUT2D eigenvalue weighted by Gasteiger charge is 2.20. The first-order valence-electron chi connectivity index (χ1n) is 5.37. The fourth-order valence-electron chi connectivity index (χ4n) is 1.78. The Morgan fingerprint density at radius 3 is 2.83 bits per heavy atom. The van der Waals surface area contributed by atoms with E-state index in [1.165, 1.54) is 0 Å². The molecule has 0 aliphatic carbocycles. The van der Waals surface area contributed by atoms with Crippen molar-refractivity contribution in [2.75, 3.05) is 5.73 Å². The van der Waals surface area contributed by atoms with Gasteiger partial charge in [0.15, 0.2) is 5.82 Å². The second kappa shape index (κ2) is 4.63. The third-order valence-electron chi connectivity index (χ3n) is 2.73. The van der Waals surface area contributed by atoms with Gasteiger partial charge in [-0.1, -0.05) is 6.07 Å². The minimum Gasteiger partial charge on any atom is -0.390 e. The van der Waals surface area contributed by atoms with Gasteiger partial charge in [0, 0.05) is 5.39 Å². The molecule has 2 atom stereocenters. The van der Waals surface area contributed by atoms with Crippen LogP contribution in [0.2, 0.25) is 0 Å². The van der Waals surface area contributed by atoms with Gasteiger partial charge in [0.05, 0.1) is 18.0 Å². The van der Waals surface area contributed by atoms with E-state index in [1.807, 2.05) is 0 Å². The van der Waals surface area contributed by atoms with Crippen molar-refractivity contribution in [3.8, 4) is 0 Å². The Bertz CT molecular complexity index is 581. The van der Waals surface area contributed by atoms with E-state index in [0.29, 0.717) is 16.9 Å². The number of nitrogen functional groups attached to an aromatic ring is 1. The molecule has 0 saturated heterocycles. The maximum absolute atomic E-state index is 10.7. The zero-order valence-electron chi connectivity index (χ0n) is 9.50. The van der Waals surface area contributed by atoms with Crippen LogP contribution in [0.3, 0.4) is 0 Å². The fraction of sp³-hybridized carbons (Fsp3) is 0.273. The van der Waals surface area contributed by atoms with Crippen molar-refractivity contribution >= 4 is 22.6 Å². The number of hydrogen-bond donors (Lipinski definition) is 5. The first-order valence-corrected chi connectivity index (χ1v) is 5.37. The van der Waals surface area contributed by atoms with Gasteiger partial charge in [0.25, 0.3) is 0 Å². The SMILES string of the molecule is NC(=O)CC(O)C(O)c1ccc2c(N)n[nH]c2c1. The van der Waals surface area contributed by atoms with E-state index in [0.717, 1.165) is 5.39 Å². The normalized spacial score (nSPS) is 14.6. The number of aliphatic hydroxyl groups excluding tert-OH is 2. The summed E-state index contributed by atoms with van der Waals surface area (Å²) >= 11 is 0. The van der Waals surface area contributed by atoms with Crippen molar-refractivity contribution in [3.05, 3.63) is 23.8 Å². The number of aliphatic hydroxyl groups is 2. The highest BCUT2D eigenvalue weighted by atomic mass is 16.3. The number of rotatable bonds is 4. The third-order valence-corrected chi connectivity index (χ3v) is 2.73. The quantitative estimate of drug-likeness (QED) is 0.494. The number of aromatic nitrogens is 2. The van der Waals surface area contributed by atoms with Crippen molar-refractivity contribution in [2.24, 2.45) is 5.73 Å². The van der Waals surface area contributed by atoms with Crippen LogP contribution < -0.4 is 11.5 Å². The van der Waals surface area contributed by atoms with E-state index in [1.54, 1.807) is 18.2 Å². The van der Waals surface area contributed by atoms with E-state index in [2.05, 4.69) is 10.2 Å². The Balaban J connectivity index is 2.27. The standard InChI is InChI=1S/C11H14N4O3/c12-9(17)4-8(16)10(18)5-1-2-6-7(3-5)14-15-11(6)13/h1-3,8,10,16,18H,4H2,(H2,12,17)(H3,13,14,15). The summed E-state index contributed by atoms with van der Waals surface area (Å²) in [6, 6.07) is 4.92. The summed E-state index contributed by atoms with van der Waals surface area (Å²) in [5.74, 6) is -0.308. The van der Waals surface area contributed by atoms with Crippen LogP contribution in [-0.2, 0) is 4.79 Å². The van der Waals surface area contributed by atoms with Gasteiger partial charge >= 0.3 is 0 Å². The predicted molar refractivity (Wildman–Crippen MR) is 65.3 cm³/mol. The lowest BCUT2D eigenvalue weighted by molar-refractivity contribution is -0.121. The number of fused-ring (bicyclic) bond motifs is 1. The Labute approximate surface area is 102 Å². The van der Waals surface area contributed by atoms with Gasteiger partial charge in [-0.15, -0.1) is 0 Å². The zero-order valence-corrected chi connectivity index (χ0v) is 9.50. The van der Waals surface area contributed by atoms with E-state index in [-0.39, 0.29) is 6.42 Å². The first kappa shape index (κ1) is 12.3. The maximum Gasteiger partial charge on any atom is 0.220 e. The Morgan fingerprint density at radius 2 is 2.17 bits per heavy atom. The van der Waals surface area contributed by atoms with Gasteiger partial charge in [-0.2, -0.15) is 5.10 Å². The second-order valence-electron chi connectivity index (χ2n) is 4.10. The lowest BCUT2D eigenvalue weighted by Crippen LogP contribution is -2.25. The van der Waals surface area contributed by atoms with Crippen LogP contribution in [0.4, 0.5) is 5.82 Å². The van der Waals surface area contributed by atoms with E-state index < -0.39 is 18.1 Å². The molecule has 7 heteroatoms. The number of primary amides is 1. The molecule has 0 radical (unpaired) electrons. The summed E-state index contributed by atoms with van der Waals surface area (Å²) in [5, 5.41) is 26.8. The van der Waals surface area contributed by atoms with Crippen molar-refractivity contribution in [1.29, 1.82) is 0 Å². The predicted octanol–water partition coefficient (Wildman–Crippen LogP) is -0.585. The second-order valence-corrected chi connectivity index (χ2v) is 4.10. The Hall–Kier alpha value is -2.12. The molecule has 0 spiro atoms. The molecule has 96 valence electrons. The molecule has 0 saturated carbocycles. The molecule has 0 fully saturated rings. The van der Waals surface area contributed by atoms with Crippen LogP contribution in [0.5, 0.6) is 0 Å². The lowest BCUT2D eigenvalue weighted by atomic mass is 10.0. The van der Waals surface area contributed by atoms with Crippen molar-refractivity contribution in [2.45, 2.75) is 18.6 Å². The van der Waals surface area contributed by atoms with Gasteiger partial charge < -0.3 is 21.7 Å². The molecule has 2 unspecified atom stereocenters. The average molecular weight is 250 g/mol. The number of nitrogens with zero attached hydrogens (tertiary/aromatic N) is 1. The summed E-state index contributed by atoms with van der Waals surface area (Å²) in [6.45, 7) is 0. The largest absolute Gasteiger partial charge is 0.390 e. The minimum absolute atomic E-state index is 0.301.